The highest BCUT2D eigenvalue weighted by Crippen LogP contribution is 2.18. The number of carbonyl (C=O) groups is 3. The van der Waals surface area contributed by atoms with Crippen LogP contribution in [0.3, 0.4) is 0 Å². The van der Waals surface area contributed by atoms with E-state index < -0.39 is 6.10 Å². The molecule has 0 fully saturated rings. The van der Waals surface area contributed by atoms with Crippen molar-refractivity contribution in [3.8, 4) is 0 Å². The van der Waals surface area contributed by atoms with Crippen molar-refractivity contribution in [1.29, 1.82) is 0 Å². The zero-order valence-electron chi connectivity index (χ0n) is 52.0. The van der Waals surface area contributed by atoms with Crippen molar-refractivity contribution in [3.05, 3.63) is 36.5 Å². The van der Waals surface area contributed by atoms with E-state index in [1.807, 2.05) is 0 Å². The van der Waals surface area contributed by atoms with Gasteiger partial charge in [0.2, 0.25) is 0 Å². The molecule has 6 heteroatoms. The third-order valence-corrected chi connectivity index (χ3v) is 15.6. The first-order chi connectivity index (χ1) is 38.0. The Hall–Kier alpha value is -2.37. The molecule has 0 radical (unpaired) electrons. The molecule has 0 aromatic carbocycles. The number of carbonyl (C=O) groups excluding carboxylic acids is 3. The largest absolute Gasteiger partial charge is 0.462 e. The van der Waals surface area contributed by atoms with Crippen molar-refractivity contribution in [2.45, 2.75) is 386 Å². The van der Waals surface area contributed by atoms with E-state index in [-0.39, 0.29) is 31.1 Å². The molecule has 452 valence electrons. The summed E-state index contributed by atoms with van der Waals surface area (Å²) < 4.78 is 16.8. The molecule has 1 unspecified atom stereocenters. The van der Waals surface area contributed by atoms with E-state index in [2.05, 4.69) is 57.2 Å². The van der Waals surface area contributed by atoms with Crippen LogP contribution < -0.4 is 0 Å². The van der Waals surface area contributed by atoms with Crippen molar-refractivity contribution >= 4 is 17.9 Å². The summed E-state index contributed by atoms with van der Waals surface area (Å²) >= 11 is 0. The molecule has 0 rings (SSSR count). The molecule has 0 heterocycles. The summed E-state index contributed by atoms with van der Waals surface area (Å²) in [5, 5.41) is 0. The van der Waals surface area contributed by atoms with Gasteiger partial charge in [-0.25, -0.2) is 0 Å². The summed E-state index contributed by atoms with van der Waals surface area (Å²) in [4.78, 5) is 38.0. The van der Waals surface area contributed by atoms with E-state index in [4.69, 9.17) is 14.2 Å². The van der Waals surface area contributed by atoms with Gasteiger partial charge in [-0.05, 0) is 57.8 Å². The highest BCUT2D eigenvalue weighted by molar-refractivity contribution is 5.71. The number of hydrogen-bond acceptors (Lipinski definition) is 6. The van der Waals surface area contributed by atoms with Crippen LogP contribution in [0.4, 0.5) is 0 Å². The highest BCUT2D eigenvalue weighted by Gasteiger charge is 2.19. The van der Waals surface area contributed by atoms with Gasteiger partial charge in [0.15, 0.2) is 6.10 Å². The lowest BCUT2D eigenvalue weighted by Crippen LogP contribution is -2.30. The lowest BCUT2D eigenvalue weighted by molar-refractivity contribution is -0.167. The van der Waals surface area contributed by atoms with Crippen LogP contribution >= 0.6 is 0 Å². The van der Waals surface area contributed by atoms with Gasteiger partial charge in [-0.2, -0.15) is 0 Å². The van der Waals surface area contributed by atoms with Crippen molar-refractivity contribution in [3.63, 3.8) is 0 Å². The smallest absolute Gasteiger partial charge is 0.306 e. The zero-order chi connectivity index (χ0) is 55.7. The standard InChI is InChI=1S/C71H132O6/c1-4-7-10-13-15-17-19-21-23-25-27-29-31-33-35-37-39-41-43-45-47-49-51-53-55-58-61-64-70(73)76-67-68(66-75-69(72)63-60-57-12-9-6-3)77-71(74)65-62-59-56-54-52-50-48-46-44-42-40-38-36-34-32-30-28-26-24-22-20-18-16-14-11-8-5-2/h19,21,25,27,31,33,68H,4-18,20,22-24,26,28-30,32,34-67H2,1-3H3/b21-19-,27-25-,33-31-. The first-order valence-corrected chi connectivity index (χ1v) is 34.5. The van der Waals surface area contributed by atoms with Gasteiger partial charge in [-0.3, -0.25) is 14.4 Å². The van der Waals surface area contributed by atoms with Gasteiger partial charge in [0.1, 0.15) is 13.2 Å². The second kappa shape index (κ2) is 66.1. The van der Waals surface area contributed by atoms with Crippen LogP contribution in [0.25, 0.3) is 0 Å². The van der Waals surface area contributed by atoms with E-state index in [1.54, 1.807) is 0 Å². The zero-order valence-corrected chi connectivity index (χ0v) is 52.0. The van der Waals surface area contributed by atoms with Crippen LogP contribution in [-0.4, -0.2) is 37.2 Å². The second-order valence-electron chi connectivity index (χ2n) is 23.5. The lowest BCUT2D eigenvalue weighted by atomic mass is 10.0. The third kappa shape index (κ3) is 64.3. The SMILES string of the molecule is CCCCCCC/C=C\C/C=C\C/C=C\CCCCCCCCCCCCCCC(=O)OCC(COC(=O)CCCCCCC)OC(=O)CCCCCCCCCCCCCCCCCCCCCCCCCCCCC. The van der Waals surface area contributed by atoms with Gasteiger partial charge in [0, 0.05) is 19.3 Å². The van der Waals surface area contributed by atoms with Gasteiger partial charge in [0.25, 0.3) is 0 Å². The van der Waals surface area contributed by atoms with Crippen LogP contribution in [0.5, 0.6) is 0 Å². The quantitative estimate of drug-likeness (QED) is 0.0261. The second-order valence-corrected chi connectivity index (χ2v) is 23.5. The summed E-state index contributed by atoms with van der Waals surface area (Å²) in [6.07, 6.45) is 82.3. The Balaban J connectivity index is 3.95. The molecule has 0 aliphatic carbocycles. The molecule has 0 aromatic heterocycles. The van der Waals surface area contributed by atoms with Crippen LogP contribution in [0.15, 0.2) is 36.5 Å². The summed E-state index contributed by atoms with van der Waals surface area (Å²) in [6, 6.07) is 0. The Morgan fingerprint density at radius 1 is 0.260 bits per heavy atom. The first kappa shape index (κ1) is 74.6. The van der Waals surface area contributed by atoms with Gasteiger partial charge < -0.3 is 14.2 Å². The molecule has 0 aliphatic rings. The Morgan fingerprint density at radius 3 is 0.727 bits per heavy atom. The molecule has 0 spiro atoms. The number of esters is 3. The summed E-state index contributed by atoms with van der Waals surface area (Å²) in [7, 11) is 0. The molecule has 0 aliphatic heterocycles. The predicted molar refractivity (Wildman–Crippen MR) is 335 cm³/mol. The maximum atomic E-state index is 12.9. The number of ether oxygens (including phenoxy) is 3. The average molecular weight is 1080 g/mol. The van der Waals surface area contributed by atoms with Crippen LogP contribution in [0.2, 0.25) is 0 Å². The van der Waals surface area contributed by atoms with Gasteiger partial charge in [-0.1, -0.05) is 340 Å². The van der Waals surface area contributed by atoms with E-state index in [0.717, 1.165) is 77.0 Å². The van der Waals surface area contributed by atoms with Crippen LogP contribution in [0.1, 0.15) is 380 Å². The van der Waals surface area contributed by atoms with E-state index in [0.29, 0.717) is 19.3 Å². The monoisotopic (exact) mass is 1080 g/mol. The molecule has 0 saturated heterocycles. The fraction of sp³-hybridized carbons (Fsp3) is 0.873. The Labute approximate surface area is 480 Å². The number of allylic oxidation sites excluding steroid dienone is 6. The number of hydrogen-bond donors (Lipinski definition) is 0. The lowest BCUT2D eigenvalue weighted by Gasteiger charge is -2.18. The molecular weight excluding hydrogens is 949 g/mol. The molecule has 0 amide bonds. The Kier molecular flexibility index (Phi) is 64.1. The topological polar surface area (TPSA) is 78.9 Å². The van der Waals surface area contributed by atoms with E-state index in [9.17, 15) is 14.4 Å². The first-order valence-electron chi connectivity index (χ1n) is 34.5. The predicted octanol–water partition coefficient (Wildman–Crippen LogP) is 23.6. The van der Waals surface area contributed by atoms with Crippen LogP contribution in [0, 0.1) is 0 Å². The maximum Gasteiger partial charge on any atom is 0.306 e. The minimum atomic E-state index is -0.767. The number of rotatable bonds is 64. The van der Waals surface area contributed by atoms with E-state index >= 15 is 0 Å². The summed E-state index contributed by atoms with van der Waals surface area (Å²) in [5.74, 6) is -0.860. The van der Waals surface area contributed by atoms with Gasteiger partial charge in [0.05, 0.1) is 0 Å². The Morgan fingerprint density at radius 2 is 0.468 bits per heavy atom. The minimum absolute atomic E-state index is 0.0689. The molecule has 0 saturated carbocycles. The fourth-order valence-corrected chi connectivity index (χ4v) is 10.5. The average Bonchev–Trinajstić information content (AvgIpc) is 3.43. The van der Waals surface area contributed by atoms with Gasteiger partial charge >= 0.3 is 17.9 Å². The normalized spacial score (nSPS) is 12.2. The van der Waals surface area contributed by atoms with Crippen molar-refractivity contribution in [1.82, 2.24) is 0 Å². The molecule has 77 heavy (non-hydrogen) atoms. The van der Waals surface area contributed by atoms with E-state index in [1.165, 1.54) is 263 Å². The molecule has 1 atom stereocenters. The number of unbranched alkanes of at least 4 members (excludes halogenated alkanes) is 47. The summed E-state index contributed by atoms with van der Waals surface area (Å²) in [6.45, 7) is 6.61. The third-order valence-electron chi connectivity index (χ3n) is 15.6. The summed E-state index contributed by atoms with van der Waals surface area (Å²) in [5.41, 5.74) is 0. The fourth-order valence-electron chi connectivity index (χ4n) is 10.5. The molecular formula is C71H132O6. The van der Waals surface area contributed by atoms with Crippen molar-refractivity contribution in [2.24, 2.45) is 0 Å². The van der Waals surface area contributed by atoms with Crippen molar-refractivity contribution in [2.75, 3.05) is 13.2 Å². The molecule has 0 N–H and O–H groups in total. The van der Waals surface area contributed by atoms with Gasteiger partial charge in [-0.15, -0.1) is 0 Å². The Bertz CT molecular complexity index is 1290. The van der Waals surface area contributed by atoms with Crippen LogP contribution in [-0.2, 0) is 28.6 Å². The molecule has 6 nitrogen and oxygen atoms in total. The molecule has 0 bridgehead atoms. The minimum Gasteiger partial charge on any atom is -0.462 e. The van der Waals surface area contributed by atoms with Crippen molar-refractivity contribution < 1.29 is 28.6 Å². The maximum absolute atomic E-state index is 12.9. The highest BCUT2D eigenvalue weighted by atomic mass is 16.6. The molecule has 0 aromatic rings.